The van der Waals surface area contributed by atoms with E-state index in [0.717, 1.165) is 24.2 Å². The molecule has 0 saturated heterocycles. The maximum atomic E-state index is 11.6. The van der Waals surface area contributed by atoms with Crippen LogP contribution in [0.25, 0.3) is 0 Å². The predicted octanol–water partition coefficient (Wildman–Crippen LogP) is 3.05. The first-order chi connectivity index (χ1) is 10.2. The summed E-state index contributed by atoms with van der Waals surface area (Å²) < 4.78 is 15.8. The fourth-order valence-corrected chi connectivity index (χ4v) is 1.71. The van der Waals surface area contributed by atoms with Gasteiger partial charge in [0.2, 0.25) is 5.90 Å². The maximum absolute atomic E-state index is 11.6. The number of carbonyl (C=O) groups is 1. The van der Waals surface area contributed by atoms with Crippen LogP contribution >= 0.6 is 0 Å². The number of unbranched alkanes of at least 4 members (excludes halogenated alkanes) is 1. The summed E-state index contributed by atoms with van der Waals surface area (Å²) in [6, 6.07) is 7.31. The zero-order valence-electron chi connectivity index (χ0n) is 12.3. The molecule has 1 aliphatic rings. The van der Waals surface area contributed by atoms with Crippen LogP contribution in [0.5, 0.6) is 5.75 Å². The highest BCUT2D eigenvalue weighted by Crippen LogP contribution is 2.19. The lowest BCUT2D eigenvalue weighted by atomic mass is 10.2. The van der Waals surface area contributed by atoms with E-state index in [1.165, 1.54) is 6.26 Å². The smallest absolute Gasteiger partial charge is 0.367 e. The van der Waals surface area contributed by atoms with Gasteiger partial charge >= 0.3 is 5.97 Å². The first-order valence-corrected chi connectivity index (χ1v) is 7.10. The third-order valence-corrected chi connectivity index (χ3v) is 2.85. The number of aliphatic imine (C=N–C) groups is 1. The van der Waals surface area contributed by atoms with Crippen LogP contribution in [0.3, 0.4) is 0 Å². The first kappa shape index (κ1) is 15.1. The van der Waals surface area contributed by atoms with Gasteiger partial charge in [0.25, 0.3) is 0 Å². The van der Waals surface area contributed by atoms with Crippen molar-refractivity contribution in [3.8, 4) is 5.75 Å². The van der Waals surface area contributed by atoms with Crippen molar-refractivity contribution < 1.29 is 19.0 Å². The van der Waals surface area contributed by atoms with E-state index in [1.54, 1.807) is 0 Å². The van der Waals surface area contributed by atoms with E-state index in [4.69, 9.17) is 14.2 Å². The molecule has 1 aromatic carbocycles. The van der Waals surface area contributed by atoms with Crippen molar-refractivity contribution in [2.75, 3.05) is 13.2 Å². The molecule has 1 aliphatic heterocycles. The van der Waals surface area contributed by atoms with Gasteiger partial charge in [0.1, 0.15) is 12.0 Å². The van der Waals surface area contributed by atoms with Crippen LogP contribution in [0.2, 0.25) is 0 Å². The molecule has 0 unspecified atom stereocenters. The van der Waals surface area contributed by atoms with Crippen LogP contribution in [0.1, 0.15) is 32.3 Å². The molecule has 0 aliphatic carbocycles. The van der Waals surface area contributed by atoms with Gasteiger partial charge in [0.05, 0.1) is 13.2 Å². The summed E-state index contributed by atoms with van der Waals surface area (Å²) in [6.45, 7) is 5.13. The van der Waals surface area contributed by atoms with E-state index in [0.29, 0.717) is 13.2 Å². The minimum absolute atomic E-state index is 0.176. The molecule has 0 bridgehead atoms. The molecule has 1 aromatic rings. The van der Waals surface area contributed by atoms with Gasteiger partial charge in [-0.15, -0.1) is 0 Å². The van der Waals surface area contributed by atoms with Gasteiger partial charge < -0.3 is 14.2 Å². The van der Waals surface area contributed by atoms with Crippen LogP contribution in [0.4, 0.5) is 0 Å². The summed E-state index contributed by atoms with van der Waals surface area (Å²) >= 11 is 0. The number of ether oxygens (including phenoxy) is 3. The summed E-state index contributed by atoms with van der Waals surface area (Å²) in [5.41, 5.74) is 0.904. The van der Waals surface area contributed by atoms with Crippen molar-refractivity contribution in [3.63, 3.8) is 0 Å². The van der Waals surface area contributed by atoms with Gasteiger partial charge in [-0.2, -0.15) is 0 Å². The Hall–Kier alpha value is -2.30. The molecule has 0 aromatic heterocycles. The third-order valence-electron chi connectivity index (χ3n) is 2.85. The summed E-state index contributed by atoms with van der Waals surface area (Å²) in [5, 5.41) is 0. The van der Waals surface area contributed by atoms with E-state index < -0.39 is 5.97 Å². The van der Waals surface area contributed by atoms with Crippen LogP contribution in [0.15, 0.2) is 41.2 Å². The van der Waals surface area contributed by atoms with Gasteiger partial charge in [-0.3, -0.25) is 0 Å². The highest BCUT2D eigenvalue weighted by molar-refractivity contribution is 6.11. The van der Waals surface area contributed by atoms with E-state index in [2.05, 4.69) is 11.9 Å². The second kappa shape index (κ2) is 7.47. The normalized spacial score (nSPS) is 15.8. The molecule has 0 radical (unpaired) electrons. The summed E-state index contributed by atoms with van der Waals surface area (Å²) in [7, 11) is 0. The Morgan fingerprint density at radius 1 is 1.24 bits per heavy atom. The van der Waals surface area contributed by atoms with Gasteiger partial charge in [0, 0.05) is 5.56 Å². The fraction of sp³-hybridized carbons (Fsp3) is 0.375. The minimum atomic E-state index is -0.498. The predicted molar refractivity (Wildman–Crippen MR) is 79.2 cm³/mol. The second-order valence-electron chi connectivity index (χ2n) is 4.49. The fourth-order valence-electron chi connectivity index (χ4n) is 1.71. The standard InChI is InChI=1S/C16H19NO4/c1-3-5-10-20-13-8-6-12(7-9-13)15-17-14(11-19-4-2)16(18)21-15/h6-9,11H,3-5,10H2,1-2H3/b14-11-. The molecule has 0 amide bonds. The highest BCUT2D eigenvalue weighted by atomic mass is 16.6. The number of benzene rings is 1. The quantitative estimate of drug-likeness (QED) is 0.335. The average Bonchev–Trinajstić information content (AvgIpc) is 2.87. The topological polar surface area (TPSA) is 57.1 Å². The lowest BCUT2D eigenvalue weighted by Crippen LogP contribution is -2.05. The van der Waals surface area contributed by atoms with Crippen molar-refractivity contribution in [3.05, 3.63) is 41.8 Å². The molecule has 112 valence electrons. The maximum Gasteiger partial charge on any atom is 0.367 e. The van der Waals surface area contributed by atoms with Crippen molar-refractivity contribution in [1.82, 2.24) is 0 Å². The molecule has 2 rings (SSSR count). The van der Waals surface area contributed by atoms with Gasteiger partial charge in [-0.1, -0.05) is 13.3 Å². The monoisotopic (exact) mass is 289 g/mol. The van der Waals surface area contributed by atoms with Gasteiger partial charge in [0.15, 0.2) is 5.70 Å². The molecule has 0 fully saturated rings. The van der Waals surface area contributed by atoms with Crippen LogP contribution in [-0.2, 0) is 14.3 Å². The molecule has 1 heterocycles. The number of hydrogen-bond acceptors (Lipinski definition) is 5. The Kier molecular flexibility index (Phi) is 5.37. The van der Waals surface area contributed by atoms with Gasteiger partial charge in [-0.05, 0) is 37.6 Å². The van der Waals surface area contributed by atoms with E-state index in [-0.39, 0.29) is 11.6 Å². The molecule has 0 N–H and O–H groups in total. The molecular formula is C16H19NO4. The Labute approximate surface area is 124 Å². The number of rotatable bonds is 7. The van der Waals surface area contributed by atoms with Gasteiger partial charge in [-0.25, -0.2) is 9.79 Å². The molecule has 0 atom stereocenters. The Bertz CT molecular complexity index is 546. The number of hydrogen-bond donors (Lipinski definition) is 0. The van der Waals surface area contributed by atoms with E-state index >= 15 is 0 Å². The molecule has 5 heteroatoms. The summed E-state index contributed by atoms with van der Waals surface area (Å²) in [4.78, 5) is 15.7. The molecule has 5 nitrogen and oxygen atoms in total. The first-order valence-electron chi connectivity index (χ1n) is 7.10. The van der Waals surface area contributed by atoms with Crippen LogP contribution in [0, 0.1) is 0 Å². The second-order valence-corrected chi connectivity index (χ2v) is 4.49. The van der Waals surface area contributed by atoms with E-state index in [9.17, 15) is 4.79 Å². The van der Waals surface area contributed by atoms with Crippen molar-refractivity contribution in [2.24, 2.45) is 4.99 Å². The average molecular weight is 289 g/mol. The number of esters is 1. The van der Waals surface area contributed by atoms with E-state index in [1.807, 2.05) is 31.2 Å². The number of nitrogens with zero attached hydrogens (tertiary/aromatic N) is 1. The molecule has 0 spiro atoms. The highest BCUT2D eigenvalue weighted by Gasteiger charge is 2.24. The molecule has 0 saturated carbocycles. The third kappa shape index (κ3) is 4.08. The van der Waals surface area contributed by atoms with Crippen LogP contribution < -0.4 is 4.74 Å². The Balaban J connectivity index is 2.04. The largest absolute Gasteiger partial charge is 0.499 e. The lowest BCUT2D eigenvalue weighted by Gasteiger charge is -2.05. The van der Waals surface area contributed by atoms with Crippen LogP contribution in [-0.4, -0.2) is 25.1 Å². The Morgan fingerprint density at radius 2 is 2.00 bits per heavy atom. The lowest BCUT2D eigenvalue weighted by molar-refractivity contribution is -0.130. The SMILES string of the molecule is CCCCOc1ccc(C2=N/C(=C\OCC)C(=O)O2)cc1. The minimum Gasteiger partial charge on any atom is -0.499 e. The van der Waals surface area contributed by atoms with Crippen molar-refractivity contribution in [2.45, 2.75) is 26.7 Å². The Morgan fingerprint density at radius 3 is 2.67 bits per heavy atom. The molecular weight excluding hydrogens is 270 g/mol. The number of cyclic esters (lactones) is 1. The summed E-state index contributed by atoms with van der Waals surface area (Å²) in [5.74, 6) is 0.579. The summed E-state index contributed by atoms with van der Waals surface area (Å²) in [6.07, 6.45) is 3.44. The molecule has 21 heavy (non-hydrogen) atoms. The zero-order valence-corrected chi connectivity index (χ0v) is 12.3. The number of carbonyl (C=O) groups excluding carboxylic acids is 1. The van der Waals surface area contributed by atoms with Crippen molar-refractivity contribution in [1.29, 1.82) is 0 Å². The van der Waals surface area contributed by atoms with Crippen molar-refractivity contribution >= 4 is 11.9 Å². The zero-order chi connectivity index (χ0) is 15.1.